The van der Waals surface area contributed by atoms with Crippen molar-refractivity contribution in [3.63, 3.8) is 0 Å². The van der Waals surface area contributed by atoms with Crippen LogP contribution in [0.4, 0.5) is 56.8 Å². The van der Waals surface area contributed by atoms with Gasteiger partial charge in [-0.3, -0.25) is 24.5 Å². The lowest BCUT2D eigenvalue weighted by Gasteiger charge is -2.40. The van der Waals surface area contributed by atoms with Crippen LogP contribution in [0.25, 0.3) is 0 Å². The molecule has 782 valence electrons. The number of hydrogen-bond acceptors (Lipinski definition) is 20. The fourth-order valence-corrected chi connectivity index (χ4v) is 28.1. The number of para-hydroxylation sites is 3. The number of carbonyl (C=O) groups excluding carboxylic acids is 5. The quantitative estimate of drug-likeness (QED) is 0.0679. The fraction of sp³-hybridized carbons (Fsp3) is 0.404. The number of halogens is 3. The number of benzene rings is 10. The van der Waals surface area contributed by atoms with Gasteiger partial charge in [-0.25, -0.2) is 70.5 Å². The number of aryl methyl sites for hydroxylation is 2. The van der Waals surface area contributed by atoms with Crippen LogP contribution in [-0.2, 0) is 107 Å². The van der Waals surface area contributed by atoms with Gasteiger partial charge in [0.05, 0.1) is 57.9 Å². The molecule has 5 amide bonds. The van der Waals surface area contributed by atoms with E-state index in [1.807, 2.05) is 153 Å². The number of rotatable bonds is 19. The number of cyclic esters (lactones) is 5. The van der Waals surface area contributed by atoms with Gasteiger partial charge in [0.2, 0.25) is 50.1 Å². The molecule has 30 nitrogen and oxygen atoms in total. The van der Waals surface area contributed by atoms with Crippen molar-refractivity contribution >= 4 is 132 Å². The highest BCUT2D eigenvalue weighted by molar-refractivity contribution is 7.90. The lowest BCUT2D eigenvalue weighted by molar-refractivity contribution is 0.135. The van der Waals surface area contributed by atoms with E-state index >= 15 is 0 Å². The van der Waals surface area contributed by atoms with Crippen molar-refractivity contribution in [1.29, 1.82) is 0 Å². The lowest BCUT2D eigenvalue weighted by atomic mass is 10.00. The molecule has 0 radical (unpaired) electrons. The standard InChI is InChI=1S/2C23H28N2O4S.C22H25ClN2O4S.C22H26N2O4S.C19H18ClFN2O4S/c1-16(2)18-5-7-21(8-6-18)30(27,28)24-12-10-20(11-13-24)25-22-9-4-17(3)14-19(22)15-29-23(25)26;1-16(2)18-7-9-21(10-8-18)30(27,28)24-13-11-20(12-14-24)25-22-17(3)5-4-6-19(22)15-29-23(25)26;1-15(2)16-3-6-20(7-4-16)30(27,28)24-11-9-19(10-12-24)25-21-8-5-18(23)13-17(21)14-29-22(25)26;1-16(2)17-7-9-20(10-8-17)29(26,27)23-13-11-19(12-14-23)24-21-6-4-3-5-18(21)15-28-22(24)25;20-16-11-15(5-6-17(16)21)28(25,26)22-9-7-14(8-10-22)23-18-4-2-1-3-13(18)12-27-19(23)24/h4-9,14,16,20H,10-13,15H2,1-3H3;4-10,16,20H,11-15H2,1-3H3;3-8,13,15,19H,9-12,14H2,1-2H3;3-10,16,19H,11-15H2,1-2H3;1-6,11,14H,7-10,12H2. The first-order valence-electron chi connectivity index (χ1n) is 49.9. The lowest BCUT2D eigenvalue weighted by Crippen LogP contribution is -2.50. The Balaban J connectivity index is 0.000000131. The van der Waals surface area contributed by atoms with E-state index in [9.17, 15) is 70.5 Å². The highest BCUT2D eigenvalue weighted by Gasteiger charge is 2.45. The third kappa shape index (κ3) is 23.9. The molecule has 10 aromatic carbocycles. The molecule has 10 aliphatic rings. The van der Waals surface area contributed by atoms with Crippen molar-refractivity contribution in [3.8, 4) is 0 Å². The number of piperidine rings is 5. The number of anilines is 5. The van der Waals surface area contributed by atoms with Gasteiger partial charge in [-0.05, 0) is 233 Å². The second-order valence-corrected chi connectivity index (χ2v) is 50.0. The largest absolute Gasteiger partial charge is 0.444 e. The molecule has 0 N–H and O–H groups in total. The van der Waals surface area contributed by atoms with E-state index in [0.717, 1.165) is 102 Å². The molecule has 10 heterocycles. The zero-order valence-corrected chi connectivity index (χ0v) is 89.6. The summed E-state index contributed by atoms with van der Waals surface area (Å²) in [5, 5.41) is 0.361. The first kappa shape index (κ1) is 108. The average molecular weight is 2150 g/mol. The predicted octanol–water partition coefficient (Wildman–Crippen LogP) is 21.5. The Morgan fingerprint density at radius 1 is 0.279 bits per heavy atom. The zero-order chi connectivity index (χ0) is 105. The van der Waals surface area contributed by atoms with Gasteiger partial charge < -0.3 is 23.7 Å². The Bertz CT molecular complexity index is 6930. The molecule has 38 heteroatoms. The molecule has 10 aromatic rings. The van der Waals surface area contributed by atoms with Crippen LogP contribution >= 0.6 is 23.2 Å². The van der Waals surface area contributed by atoms with E-state index in [1.54, 1.807) is 85.2 Å². The number of amides is 5. The van der Waals surface area contributed by atoms with Crippen LogP contribution in [-0.4, -0.2) is 190 Å². The van der Waals surface area contributed by atoms with E-state index in [1.165, 1.54) is 27.6 Å². The van der Waals surface area contributed by atoms with Crippen molar-refractivity contribution in [1.82, 2.24) is 21.5 Å². The first-order chi connectivity index (χ1) is 70.1. The van der Waals surface area contributed by atoms with Gasteiger partial charge in [0.25, 0.3) is 0 Å². The molecule has 10 aliphatic heterocycles. The first-order valence-corrected chi connectivity index (χ1v) is 57.8. The van der Waals surface area contributed by atoms with Gasteiger partial charge >= 0.3 is 30.5 Å². The van der Waals surface area contributed by atoms with Crippen LogP contribution in [0.3, 0.4) is 0 Å². The summed E-state index contributed by atoms with van der Waals surface area (Å²) in [6.45, 7) is 25.4. The molecular formula is C109H125Cl2FN10O20S5. The summed E-state index contributed by atoms with van der Waals surface area (Å²) in [6.07, 6.45) is 3.63. The maximum absolute atomic E-state index is 13.4. The summed E-state index contributed by atoms with van der Waals surface area (Å²) >= 11 is 11.8. The minimum absolute atomic E-state index is 0.0416. The molecule has 0 atom stereocenters. The second-order valence-electron chi connectivity index (χ2n) is 39.5. The molecule has 5 saturated heterocycles. The molecule has 0 saturated carbocycles. The van der Waals surface area contributed by atoms with Crippen LogP contribution < -0.4 is 24.5 Å². The van der Waals surface area contributed by atoms with E-state index in [-0.39, 0.29) is 105 Å². The van der Waals surface area contributed by atoms with Crippen LogP contribution in [0.15, 0.2) is 243 Å². The number of nitrogens with zero attached hydrogens (tertiary/aromatic N) is 10. The van der Waals surface area contributed by atoms with Gasteiger partial charge in [0, 0.05) is 128 Å². The number of ether oxygens (including phenoxy) is 5. The Hall–Kier alpha value is -11.4. The smallest absolute Gasteiger partial charge is 0.414 e. The normalized spacial score (nSPS) is 18.5. The van der Waals surface area contributed by atoms with Crippen molar-refractivity contribution in [2.45, 2.75) is 245 Å². The molecule has 5 fully saturated rings. The predicted molar refractivity (Wildman–Crippen MR) is 562 cm³/mol. The average Bonchev–Trinajstić information content (AvgIpc) is 0.785. The van der Waals surface area contributed by atoms with Crippen LogP contribution in [0, 0.1) is 19.7 Å². The Morgan fingerprint density at radius 2 is 0.537 bits per heavy atom. The Morgan fingerprint density at radius 3 is 0.857 bits per heavy atom. The highest BCUT2D eigenvalue weighted by Crippen LogP contribution is 2.43. The summed E-state index contributed by atoms with van der Waals surface area (Å²) in [5.74, 6) is 0.748. The van der Waals surface area contributed by atoms with Crippen molar-refractivity contribution < 1.29 is 94.1 Å². The van der Waals surface area contributed by atoms with Crippen LogP contribution in [0.5, 0.6) is 0 Å². The van der Waals surface area contributed by atoms with E-state index in [0.29, 0.717) is 165 Å². The molecule has 0 aliphatic carbocycles. The van der Waals surface area contributed by atoms with Gasteiger partial charge in [-0.2, -0.15) is 21.5 Å². The monoisotopic (exact) mass is 2140 g/mol. The fourth-order valence-electron chi connectivity index (χ4n) is 20.3. The minimum Gasteiger partial charge on any atom is -0.444 e. The highest BCUT2D eigenvalue weighted by atomic mass is 35.5. The summed E-state index contributed by atoms with van der Waals surface area (Å²) < 4.78 is 178. The zero-order valence-electron chi connectivity index (χ0n) is 84.0. The number of sulfonamides is 5. The second kappa shape index (κ2) is 46.0. The van der Waals surface area contributed by atoms with E-state index < -0.39 is 68.1 Å². The third-order valence-electron chi connectivity index (χ3n) is 28.8. The van der Waals surface area contributed by atoms with Crippen LogP contribution in [0.1, 0.15) is 204 Å². The molecule has 0 unspecified atom stereocenters. The van der Waals surface area contributed by atoms with Crippen LogP contribution in [0.2, 0.25) is 10.0 Å². The minimum atomic E-state index is -3.78. The maximum atomic E-state index is 13.4. The van der Waals surface area contributed by atoms with E-state index in [2.05, 4.69) is 55.4 Å². The van der Waals surface area contributed by atoms with Crippen molar-refractivity contribution in [3.05, 3.63) is 295 Å². The van der Waals surface area contributed by atoms with Crippen molar-refractivity contribution in [2.24, 2.45) is 0 Å². The summed E-state index contributed by atoms with van der Waals surface area (Å²) in [5.41, 5.74) is 15.6. The Labute approximate surface area is 871 Å². The number of fused-ring (bicyclic) bond motifs is 5. The molecule has 20 rings (SSSR count). The summed E-state index contributed by atoms with van der Waals surface area (Å²) in [4.78, 5) is 71.9. The summed E-state index contributed by atoms with van der Waals surface area (Å²) in [6, 6.07) is 64.0. The van der Waals surface area contributed by atoms with Gasteiger partial charge in [0.1, 0.15) is 38.9 Å². The molecular weight excluding hydrogens is 2020 g/mol. The number of carbonyl (C=O) groups is 5. The molecule has 0 bridgehead atoms. The van der Waals surface area contributed by atoms with Gasteiger partial charge in [-0.15, -0.1) is 0 Å². The van der Waals surface area contributed by atoms with Gasteiger partial charge in [0.15, 0.2) is 0 Å². The molecule has 147 heavy (non-hydrogen) atoms. The van der Waals surface area contributed by atoms with E-state index in [4.69, 9.17) is 46.9 Å². The van der Waals surface area contributed by atoms with Gasteiger partial charge in [-0.1, -0.05) is 199 Å². The van der Waals surface area contributed by atoms with Crippen molar-refractivity contribution in [2.75, 3.05) is 89.9 Å². The summed E-state index contributed by atoms with van der Waals surface area (Å²) in [7, 11) is -18.0. The Kier molecular flexibility index (Phi) is 33.9. The molecule has 0 aromatic heterocycles. The SMILES string of the molecule is CC(C)c1ccc(S(=O)(=O)N2CCC(N3C(=O)OCc4cc(Cl)ccc43)CC2)cc1.CC(C)c1ccc(S(=O)(=O)N2CCC(N3C(=O)OCc4ccccc43)CC2)cc1.Cc1ccc2c(c1)COC(=O)N2C1CCN(S(=O)(=O)c2ccc(C(C)C)cc2)CC1.Cc1cccc2c1N(C1CCN(S(=O)(=O)c3ccc(C(C)C)cc3)CC1)C(=O)OC2.O=C1OCc2ccccc2N1C1CCN(S(=O)(=O)c2ccc(F)c(Cl)c2)CC1. The number of hydrogen-bond donors (Lipinski definition) is 0. The maximum Gasteiger partial charge on any atom is 0.414 e. The molecule has 0 spiro atoms. The topological polar surface area (TPSA) is 335 Å². The third-order valence-corrected chi connectivity index (χ3v) is 38.9.